The molecule has 2 heterocycles. The largest absolute Gasteiger partial charge is 0.388 e. The van der Waals surface area contributed by atoms with Crippen molar-refractivity contribution in [2.45, 2.75) is 104 Å². The molecule has 2 aliphatic rings. The molecule has 230 valence electrons. The van der Waals surface area contributed by atoms with Gasteiger partial charge in [-0.15, -0.1) is 11.3 Å². The molecule has 42 heavy (non-hydrogen) atoms. The maximum Gasteiger partial charge on any atom is 0.258 e. The molecule has 0 radical (unpaired) electrons. The van der Waals surface area contributed by atoms with E-state index in [2.05, 4.69) is 15.6 Å². The number of nitrogens with one attached hydrogen (secondary N) is 2. The number of rotatable bonds is 8. The number of carbonyl (C=O) groups excluding carboxylic acids is 3. The van der Waals surface area contributed by atoms with Crippen molar-refractivity contribution in [3.63, 3.8) is 0 Å². The van der Waals surface area contributed by atoms with E-state index < -0.39 is 65.8 Å². The van der Waals surface area contributed by atoms with Crippen molar-refractivity contribution >= 4 is 29.1 Å². The fraction of sp³-hybridized carbons (Fsp3) is 0.613. The Hall–Kier alpha value is -2.92. The van der Waals surface area contributed by atoms with Gasteiger partial charge in [0, 0.05) is 0 Å². The summed E-state index contributed by atoms with van der Waals surface area (Å²) in [5.74, 6) is -2.38. The van der Waals surface area contributed by atoms with E-state index in [1.165, 1.54) is 11.3 Å². The Morgan fingerprint density at radius 1 is 1.12 bits per heavy atom. The summed E-state index contributed by atoms with van der Waals surface area (Å²) in [5, 5.41) is 15.9. The number of aliphatic hydroxyl groups excluding tert-OH is 1. The minimum absolute atomic E-state index is 0.0733. The number of aryl methyl sites for hydroxylation is 1. The van der Waals surface area contributed by atoms with Crippen LogP contribution >= 0.6 is 11.3 Å². The van der Waals surface area contributed by atoms with E-state index in [4.69, 9.17) is 0 Å². The van der Waals surface area contributed by atoms with Crippen LogP contribution in [0.4, 0.5) is 8.78 Å². The van der Waals surface area contributed by atoms with Crippen molar-refractivity contribution in [3.8, 4) is 10.4 Å². The Morgan fingerprint density at radius 3 is 2.24 bits per heavy atom. The number of amides is 3. The summed E-state index contributed by atoms with van der Waals surface area (Å²) in [5.41, 5.74) is 1.43. The number of likely N-dealkylation sites (tertiary alicyclic amines) is 1. The Kier molecular flexibility index (Phi) is 8.87. The minimum Gasteiger partial charge on any atom is -0.388 e. The number of alkyl halides is 2. The molecule has 1 aliphatic heterocycles. The molecule has 0 unspecified atom stereocenters. The molecule has 0 spiro atoms. The van der Waals surface area contributed by atoms with Gasteiger partial charge in [-0.3, -0.25) is 14.4 Å². The number of β-amino-alcohol motifs (C(OH)–C–C–N with tert-alkyl or cyclic N) is 1. The first-order valence-electron chi connectivity index (χ1n) is 14.3. The van der Waals surface area contributed by atoms with Crippen molar-refractivity contribution < 1.29 is 28.3 Å². The third-order valence-electron chi connectivity index (χ3n) is 7.88. The summed E-state index contributed by atoms with van der Waals surface area (Å²) in [6, 6.07) is 4.41. The van der Waals surface area contributed by atoms with Crippen LogP contribution in [0, 0.1) is 17.8 Å². The number of halogens is 2. The van der Waals surface area contributed by atoms with Gasteiger partial charge in [0.25, 0.3) is 5.91 Å². The molecule has 11 heteroatoms. The van der Waals surface area contributed by atoms with Gasteiger partial charge in [-0.25, -0.2) is 13.8 Å². The zero-order valence-corrected chi connectivity index (χ0v) is 26.1. The monoisotopic (exact) mass is 604 g/mol. The summed E-state index contributed by atoms with van der Waals surface area (Å²) in [7, 11) is 0. The third-order valence-corrected chi connectivity index (χ3v) is 8.86. The smallest absolute Gasteiger partial charge is 0.258 e. The molecule has 3 N–H and O–H groups in total. The molecule has 0 bridgehead atoms. The van der Waals surface area contributed by atoms with Gasteiger partial charge in [0.1, 0.15) is 18.2 Å². The van der Waals surface area contributed by atoms with Gasteiger partial charge in [0.05, 0.1) is 28.7 Å². The highest BCUT2D eigenvalue weighted by Crippen LogP contribution is 2.40. The van der Waals surface area contributed by atoms with Crippen molar-refractivity contribution in [2.75, 3.05) is 6.54 Å². The number of thiazole rings is 1. The lowest BCUT2D eigenvalue weighted by Gasteiger charge is -2.36. The Labute approximate surface area is 250 Å². The quantitative estimate of drug-likeness (QED) is 0.406. The zero-order valence-electron chi connectivity index (χ0n) is 25.3. The average molecular weight is 605 g/mol. The van der Waals surface area contributed by atoms with Crippen LogP contribution in [-0.4, -0.2) is 69.3 Å². The number of carbonyl (C=O) groups is 3. The lowest BCUT2D eigenvalue weighted by atomic mass is 9.84. The second-order valence-corrected chi connectivity index (χ2v) is 14.8. The second kappa shape index (κ2) is 11.6. The third kappa shape index (κ3) is 6.99. The van der Waals surface area contributed by atoms with E-state index in [9.17, 15) is 23.9 Å². The second-order valence-electron chi connectivity index (χ2n) is 13.9. The molecule has 3 amide bonds. The van der Waals surface area contributed by atoms with Crippen LogP contribution in [0.3, 0.4) is 0 Å². The summed E-state index contributed by atoms with van der Waals surface area (Å²) in [4.78, 5) is 46.4. The van der Waals surface area contributed by atoms with Gasteiger partial charge in [0.15, 0.2) is 11.8 Å². The van der Waals surface area contributed by atoms with Crippen molar-refractivity contribution in [3.05, 3.63) is 41.0 Å². The summed E-state index contributed by atoms with van der Waals surface area (Å²) in [6.45, 7) is 12.7. The van der Waals surface area contributed by atoms with E-state index >= 15 is 4.39 Å². The molecule has 1 saturated carbocycles. The van der Waals surface area contributed by atoms with Crippen LogP contribution in [0.1, 0.15) is 78.1 Å². The van der Waals surface area contributed by atoms with Gasteiger partial charge < -0.3 is 20.6 Å². The number of hydrogen-bond acceptors (Lipinski definition) is 6. The van der Waals surface area contributed by atoms with Crippen LogP contribution in [0.25, 0.3) is 10.4 Å². The maximum absolute atomic E-state index is 15.4. The fourth-order valence-electron chi connectivity index (χ4n) is 5.29. The lowest BCUT2D eigenvalue weighted by molar-refractivity contribution is -0.145. The highest BCUT2D eigenvalue weighted by Gasteiger charge is 2.55. The van der Waals surface area contributed by atoms with Crippen LogP contribution in [0.5, 0.6) is 0 Å². The van der Waals surface area contributed by atoms with Crippen LogP contribution in [0.2, 0.25) is 0 Å². The molecule has 1 aromatic carbocycles. The normalized spacial score (nSPS) is 23.3. The number of hydrogen-bond donors (Lipinski definition) is 3. The van der Waals surface area contributed by atoms with Gasteiger partial charge in [-0.2, -0.15) is 0 Å². The van der Waals surface area contributed by atoms with Crippen molar-refractivity contribution in [1.29, 1.82) is 0 Å². The standard InChI is InChI=1S/C31H42F2N4O4S/c1-17-24(42-16-34-17)19-10-8-18(9-11-19)20(14-29(2,3)4)35-26(39)23-22(32)21(38)15-37(23)27(40)25(30(5,6)7)36-28(41)31(33)12-13-31/h8-11,16,20-23,25,38H,12-15H2,1-7H3,(H,35,39)(H,36,41)/t20-,21-,22-,23-,25+/m0/s1. The predicted octanol–water partition coefficient (Wildman–Crippen LogP) is 4.65. The minimum atomic E-state index is -2.03. The van der Waals surface area contributed by atoms with Crippen LogP contribution in [0.15, 0.2) is 29.8 Å². The number of nitrogens with zero attached hydrogens (tertiary/aromatic N) is 2. The molecule has 2 aromatic rings. The molecule has 1 saturated heterocycles. The van der Waals surface area contributed by atoms with E-state index in [1.54, 1.807) is 26.3 Å². The maximum atomic E-state index is 15.4. The Bertz CT molecular complexity index is 1310. The Balaban J connectivity index is 1.59. The average Bonchev–Trinajstić information content (AvgIpc) is 3.38. The first-order chi connectivity index (χ1) is 19.4. The van der Waals surface area contributed by atoms with Crippen LogP contribution < -0.4 is 10.6 Å². The first kappa shape index (κ1) is 32.0. The highest BCUT2D eigenvalue weighted by molar-refractivity contribution is 7.13. The van der Waals surface area contributed by atoms with Crippen molar-refractivity contribution in [2.24, 2.45) is 10.8 Å². The number of benzene rings is 1. The summed E-state index contributed by atoms with van der Waals surface area (Å²) in [6.07, 6.45) is -2.95. The molecule has 8 nitrogen and oxygen atoms in total. The van der Waals surface area contributed by atoms with Crippen molar-refractivity contribution in [1.82, 2.24) is 20.5 Å². The zero-order chi connectivity index (χ0) is 31.2. The van der Waals surface area contributed by atoms with E-state index in [-0.39, 0.29) is 18.3 Å². The summed E-state index contributed by atoms with van der Waals surface area (Å²) < 4.78 is 29.9. The van der Waals surface area contributed by atoms with Gasteiger partial charge in [0.2, 0.25) is 11.8 Å². The van der Waals surface area contributed by atoms with Gasteiger partial charge in [-0.05, 0) is 48.1 Å². The van der Waals surface area contributed by atoms with Gasteiger partial charge >= 0.3 is 0 Å². The SMILES string of the molecule is Cc1ncsc1-c1ccc([C@H](CC(C)(C)C)NC(=O)[C@@H]2[C@@H](F)[C@@H](O)CN2C(=O)[C@@H](NC(=O)C2(F)CC2)C(C)(C)C)cc1. The Morgan fingerprint density at radius 2 is 1.74 bits per heavy atom. The fourth-order valence-corrected chi connectivity index (χ4v) is 6.10. The molecule has 1 aromatic heterocycles. The molecule has 1 aliphatic carbocycles. The summed E-state index contributed by atoms with van der Waals surface area (Å²) >= 11 is 1.54. The molecule has 4 rings (SSSR count). The van der Waals surface area contributed by atoms with Gasteiger partial charge in [-0.1, -0.05) is 65.8 Å². The first-order valence-corrected chi connectivity index (χ1v) is 15.2. The van der Waals surface area contributed by atoms with E-state index in [0.717, 1.165) is 26.6 Å². The topological polar surface area (TPSA) is 112 Å². The number of aromatic nitrogens is 1. The predicted molar refractivity (Wildman–Crippen MR) is 158 cm³/mol. The van der Waals surface area contributed by atoms with Crippen LogP contribution in [-0.2, 0) is 14.4 Å². The molecular weight excluding hydrogens is 562 g/mol. The lowest BCUT2D eigenvalue weighted by Crippen LogP contribution is -2.60. The number of aliphatic hydroxyl groups is 1. The molecular formula is C31H42F2N4O4S. The highest BCUT2D eigenvalue weighted by atomic mass is 32.1. The molecule has 5 atom stereocenters. The molecule has 2 fully saturated rings. The van der Waals surface area contributed by atoms with E-state index in [0.29, 0.717) is 6.42 Å². The van der Waals surface area contributed by atoms with E-state index in [1.807, 2.05) is 52.0 Å².